The number of carbonyl (C=O) groups excluding carboxylic acids is 2. The zero-order chi connectivity index (χ0) is 13.4. The molecule has 0 heterocycles. The predicted octanol–water partition coefficient (Wildman–Crippen LogP) is 4.43. The second-order valence-electron chi connectivity index (χ2n) is 3.08. The molecular weight excluding hydrogens is 290 g/mol. The van der Waals surface area contributed by atoms with Crippen LogP contribution in [-0.4, -0.2) is 24.2 Å². The second-order valence-corrected chi connectivity index (χ2v) is 6.86. The molecule has 0 aliphatic carbocycles. The molecule has 0 aliphatic rings. The monoisotopic (exact) mass is 303 g/mol. The first-order valence-electron chi connectivity index (χ1n) is 5.15. The van der Waals surface area contributed by atoms with Crippen LogP contribution < -0.4 is 4.90 Å². The van der Waals surface area contributed by atoms with Crippen LogP contribution in [0.25, 0.3) is 0 Å². The summed E-state index contributed by atoms with van der Waals surface area (Å²) in [6.07, 6.45) is 0. The fraction of sp³-hybridized carbons (Fsp3) is 0.273. The number of nitrogens with zero attached hydrogens (tertiary/aromatic N) is 1. The standard InChI is InChI=1S/C11H13NO3S3/c1-3-15-11(14)17-18-16-10(13)12(2)9-7-5-4-6-8-9/h4-8H,3H2,1-2H3. The average Bonchev–Trinajstić information content (AvgIpc) is 2.39. The van der Waals surface area contributed by atoms with Gasteiger partial charge in [-0.05, 0) is 28.9 Å². The van der Waals surface area contributed by atoms with Gasteiger partial charge in [-0.3, -0.25) is 4.79 Å². The highest BCUT2D eigenvalue weighted by Gasteiger charge is 2.13. The van der Waals surface area contributed by atoms with Crippen LogP contribution in [0.1, 0.15) is 6.92 Å². The smallest absolute Gasteiger partial charge is 0.378 e. The third kappa shape index (κ3) is 5.24. The quantitative estimate of drug-likeness (QED) is 0.606. The predicted molar refractivity (Wildman–Crippen MR) is 80.0 cm³/mol. The molecule has 0 saturated carbocycles. The lowest BCUT2D eigenvalue weighted by atomic mass is 10.3. The number of carbonyl (C=O) groups is 2. The third-order valence-electron chi connectivity index (χ3n) is 1.89. The number of benzene rings is 1. The van der Waals surface area contributed by atoms with E-state index in [4.69, 9.17) is 4.74 Å². The van der Waals surface area contributed by atoms with Gasteiger partial charge in [0, 0.05) is 34.3 Å². The summed E-state index contributed by atoms with van der Waals surface area (Å²) < 4.78 is 4.73. The molecule has 0 aromatic heterocycles. The molecule has 0 N–H and O–H groups in total. The van der Waals surface area contributed by atoms with E-state index in [1.165, 1.54) is 4.90 Å². The minimum Gasteiger partial charge on any atom is -0.457 e. The molecule has 0 fully saturated rings. The molecule has 0 unspecified atom stereocenters. The maximum atomic E-state index is 11.8. The second kappa shape index (κ2) is 8.34. The molecule has 1 amide bonds. The van der Waals surface area contributed by atoms with Gasteiger partial charge in [-0.2, -0.15) is 0 Å². The summed E-state index contributed by atoms with van der Waals surface area (Å²) in [5, 5.41) is -0.520. The van der Waals surface area contributed by atoms with Crippen molar-refractivity contribution < 1.29 is 14.3 Å². The van der Waals surface area contributed by atoms with Crippen molar-refractivity contribution in [3.63, 3.8) is 0 Å². The van der Waals surface area contributed by atoms with Gasteiger partial charge < -0.3 is 9.64 Å². The zero-order valence-corrected chi connectivity index (χ0v) is 12.4. The molecule has 0 saturated heterocycles. The van der Waals surface area contributed by atoms with Crippen molar-refractivity contribution in [2.24, 2.45) is 0 Å². The summed E-state index contributed by atoms with van der Waals surface area (Å²) >= 11 is 0. The molecule has 4 nitrogen and oxygen atoms in total. The number of ether oxygens (including phenoxy) is 1. The lowest BCUT2D eigenvalue weighted by Gasteiger charge is -2.15. The van der Waals surface area contributed by atoms with Gasteiger partial charge in [0.05, 0.1) is 6.61 Å². The van der Waals surface area contributed by atoms with E-state index in [9.17, 15) is 9.59 Å². The molecule has 7 heteroatoms. The van der Waals surface area contributed by atoms with Gasteiger partial charge in [0.25, 0.3) is 5.24 Å². The van der Waals surface area contributed by atoms with E-state index in [0.717, 1.165) is 37.1 Å². The maximum absolute atomic E-state index is 11.8. The van der Waals surface area contributed by atoms with E-state index in [1.807, 2.05) is 30.3 Å². The van der Waals surface area contributed by atoms with Crippen LogP contribution in [0.2, 0.25) is 0 Å². The van der Waals surface area contributed by atoms with Gasteiger partial charge in [0.2, 0.25) is 0 Å². The Balaban J connectivity index is 2.35. The molecule has 18 heavy (non-hydrogen) atoms. The first-order chi connectivity index (χ1) is 8.65. The number of anilines is 1. The maximum Gasteiger partial charge on any atom is 0.378 e. The molecule has 0 radical (unpaired) electrons. The highest BCUT2D eigenvalue weighted by molar-refractivity contribution is 9.14. The minimum atomic E-state index is -0.384. The normalized spacial score (nSPS) is 9.89. The van der Waals surface area contributed by atoms with Crippen LogP contribution in [0.5, 0.6) is 0 Å². The van der Waals surface area contributed by atoms with Gasteiger partial charge in [0.15, 0.2) is 0 Å². The number of amides is 1. The third-order valence-corrected chi connectivity index (χ3v) is 5.16. The highest BCUT2D eigenvalue weighted by Crippen LogP contribution is 2.37. The fourth-order valence-electron chi connectivity index (χ4n) is 1.03. The van der Waals surface area contributed by atoms with Crippen LogP contribution in [0.4, 0.5) is 15.3 Å². The van der Waals surface area contributed by atoms with Gasteiger partial charge in [-0.1, -0.05) is 18.2 Å². The summed E-state index contributed by atoms with van der Waals surface area (Å²) in [6, 6.07) is 9.32. The van der Waals surface area contributed by atoms with Gasteiger partial charge in [0.1, 0.15) is 0 Å². The van der Waals surface area contributed by atoms with E-state index in [0.29, 0.717) is 6.61 Å². The summed E-state index contributed by atoms with van der Waals surface area (Å²) in [5.41, 5.74) is 0.816. The highest BCUT2D eigenvalue weighted by atomic mass is 33.5. The van der Waals surface area contributed by atoms with Crippen LogP contribution in [0.3, 0.4) is 0 Å². The molecule has 1 rings (SSSR count). The van der Waals surface area contributed by atoms with Crippen molar-refractivity contribution in [2.75, 3.05) is 18.6 Å². The average molecular weight is 303 g/mol. The van der Waals surface area contributed by atoms with Crippen molar-refractivity contribution in [1.29, 1.82) is 0 Å². The Hall–Kier alpha value is -0.790. The molecule has 0 atom stereocenters. The molecule has 0 bridgehead atoms. The zero-order valence-electron chi connectivity index (χ0n) is 9.99. The lowest BCUT2D eigenvalue weighted by Crippen LogP contribution is -2.20. The molecule has 0 spiro atoms. The van der Waals surface area contributed by atoms with Crippen molar-refractivity contribution in [3.8, 4) is 0 Å². The van der Waals surface area contributed by atoms with Crippen molar-refractivity contribution >= 4 is 47.6 Å². The summed E-state index contributed by atoms with van der Waals surface area (Å²) in [4.78, 5) is 24.4. The molecule has 0 aliphatic heterocycles. The van der Waals surface area contributed by atoms with Crippen LogP contribution in [-0.2, 0) is 4.74 Å². The molecule has 1 aromatic rings. The molecule has 98 valence electrons. The largest absolute Gasteiger partial charge is 0.457 e. The topological polar surface area (TPSA) is 46.6 Å². The molecule has 1 aromatic carbocycles. The summed E-state index contributed by atoms with van der Waals surface area (Å²) in [6.45, 7) is 2.08. The van der Waals surface area contributed by atoms with Crippen molar-refractivity contribution in [2.45, 2.75) is 6.92 Å². The number of rotatable bonds is 4. The van der Waals surface area contributed by atoms with Crippen LogP contribution in [0.15, 0.2) is 30.3 Å². The Kier molecular flexibility index (Phi) is 7.07. The van der Waals surface area contributed by atoms with Crippen molar-refractivity contribution in [1.82, 2.24) is 0 Å². The van der Waals surface area contributed by atoms with Gasteiger partial charge in [-0.25, -0.2) is 4.79 Å². The van der Waals surface area contributed by atoms with Gasteiger partial charge in [-0.15, -0.1) is 0 Å². The first kappa shape index (κ1) is 15.3. The Morgan fingerprint density at radius 1 is 1.22 bits per heavy atom. The van der Waals surface area contributed by atoms with E-state index in [-0.39, 0.29) is 10.5 Å². The lowest BCUT2D eigenvalue weighted by molar-refractivity contribution is 0.182. The van der Waals surface area contributed by atoms with Crippen LogP contribution in [0, 0.1) is 0 Å². The van der Waals surface area contributed by atoms with Gasteiger partial charge >= 0.3 is 5.30 Å². The Morgan fingerprint density at radius 2 is 1.89 bits per heavy atom. The van der Waals surface area contributed by atoms with Crippen LogP contribution >= 0.6 is 31.4 Å². The Bertz CT molecular complexity index is 400. The Labute approximate surface area is 118 Å². The van der Waals surface area contributed by atoms with Crippen molar-refractivity contribution in [3.05, 3.63) is 30.3 Å². The minimum absolute atomic E-state index is 0.136. The van der Waals surface area contributed by atoms with E-state index in [1.54, 1.807) is 14.0 Å². The van der Waals surface area contributed by atoms with E-state index < -0.39 is 0 Å². The number of para-hydroxylation sites is 1. The summed E-state index contributed by atoms with van der Waals surface area (Å²) in [7, 11) is 4.71. The molecular formula is C11H13NO3S3. The van der Waals surface area contributed by atoms with E-state index in [2.05, 4.69) is 0 Å². The SMILES string of the molecule is CCOC(=O)SSSC(=O)N(C)c1ccccc1. The first-order valence-corrected chi connectivity index (χ1v) is 8.64. The fourth-order valence-corrected chi connectivity index (χ4v) is 3.81. The summed E-state index contributed by atoms with van der Waals surface area (Å²) in [5.74, 6) is 0. The van der Waals surface area contributed by atoms with E-state index >= 15 is 0 Å². The number of hydrogen-bond donors (Lipinski definition) is 0. The number of hydrogen-bond acceptors (Lipinski definition) is 6. The Morgan fingerprint density at radius 3 is 2.50 bits per heavy atom.